The van der Waals surface area contributed by atoms with Gasteiger partial charge in [0.1, 0.15) is 5.69 Å². The van der Waals surface area contributed by atoms with Crippen LogP contribution in [0.3, 0.4) is 0 Å². The summed E-state index contributed by atoms with van der Waals surface area (Å²) in [6.45, 7) is 2.14. The van der Waals surface area contributed by atoms with E-state index >= 15 is 0 Å². The highest BCUT2D eigenvalue weighted by molar-refractivity contribution is 6.35. The number of rotatable bonds is 5. The lowest BCUT2D eigenvalue weighted by Gasteiger charge is -2.11. The third-order valence-electron chi connectivity index (χ3n) is 3.90. The van der Waals surface area contributed by atoms with Gasteiger partial charge in [0.05, 0.1) is 27.5 Å². The fourth-order valence-corrected chi connectivity index (χ4v) is 3.32. The second-order valence-corrected chi connectivity index (χ2v) is 6.40. The molecule has 0 aliphatic rings. The van der Waals surface area contributed by atoms with E-state index in [1.54, 1.807) is 29.7 Å². The molecular formula is C18H14Cl2N2O4. The second kappa shape index (κ2) is 7.35. The van der Waals surface area contributed by atoms with Gasteiger partial charge in [-0.25, -0.2) is 4.79 Å². The number of ether oxygens (including phenoxy) is 1. The lowest BCUT2D eigenvalue weighted by molar-refractivity contribution is -0.383. The SMILES string of the molecule is CCOC(=O)c1cc2c([N+](=O)[O-])ccc(Cl)c2n1Cc1cccc(Cl)c1. The van der Waals surface area contributed by atoms with Gasteiger partial charge in [0, 0.05) is 17.6 Å². The number of nitrogens with zero attached hydrogens (tertiary/aromatic N) is 2. The smallest absolute Gasteiger partial charge is 0.354 e. The van der Waals surface area contributed by atoms with Crippen LogP contribution in [0, 0.1) is 10.1 Å². The number of hydrogen-bond donors (Lipinski definition) is 0. The zero-order chi connectivity index (χ0) is 18.8. The van der Waals surface area contributed by atoms with Crippen molar-refractivity contribution in [3.63, 3.8) is 0 Å². The lowest BCUT2D eigenvalue weighted by Crippen LogP contribution is -2.13. The second-order valence-electron chi connectivity index (χ2n) is 5.55. The topological polar surface area (TPSA) is 74.4 Å². The molecule has 0 aliphatic carbocycles. The highest BCUT2D eigenvalue weighted by Gasteiger charge is 2.24. The third kappa shape index (κ3) is 3.38. The number of non-ortho nitro benzene ring substituents is 1. The molecule has 1 aromatic heterocycles. The standard InChI is InChI=1S/C18H14Cl2N2O4/c1-2-26-18(23)16-9-13-15(22(24)25)7-6-14(20)17(13)21(16)10-11-4-3-5-12(19)8-11/h3-9H,2,10H2,1H3. The minimum absolute atomic E-state index is 0.125. The van der Waals surface area contributed by atoms with Gasteiger partial charge in [0.25, 0.3) is 5.69 Å². The number of carbonyl (C=O) groups is 1. The molecule has 1 heterocycles. The van der Waals surface area contributed by atoms with Crippen LogP contribution in [0.15, 0.2) is 42.5 Å². The van der Waals surface area contributed by atoms with Crippen LogP contribution in [0.5, 0.6) is 0 Å². The highest BCUT2D eigenvalue weighted by atomic mass is 35.5. The lowest BCUT2D eigenvalue weighted by atomic mass is 10.2. The first-order chi connectivity index (χ1) is 12.4. The summed E-state index contributed by atoms with van der Waals surface area (Å²) in [6, 6.07) is 11.3. The molecule has 3 rings (SSSR count). The van der Waals surface area contributed by atoms with Crippen LogP contribution < -0.4 is 0 Å². The van der Waals surface area contributed by atoms with Gasteiger partial charge in [-0.3, -0.25) is 10.1 Å². The Morgan fingerprint density at radius 3 is 2.65 bits per heavy atom. The molecule has 0 unspecified atom stereocenters. The average Bonchev–Trinajstić information content (AvgIpc) is 2.95. The van der Waals surface area contributed by atoms with Gasteiger partial charge >= 0.3 is 5.97 Å². The van der Waals surface area contributed by atoms with Crippen molar-refractivity contribution in [1.29, 1.82) is 0 Å². The van der Waals surface area contributed by atoms with Gasteiger partial charge in [-0.15, -0.1) is 0 Å². The summed E-state index contributed by atoms with van der Waals surface area (Å²) < 4.78 is 6.72. The minimum atomic E-state index is -0.573. The van der Waals surface area contributed by atoms with E-state index < -0.39 is 10.9 Å². The zero-order valence-corrected chi connectivity index (χ0v) is 15.3. The van der Waals surface area contributed by atoms with E-state index in [1.165, 1.54) is 18.2 Å². The van der Waals surface area contributed by atoms with Crippen LogP contribution in [0.25, 0.3) is 10.9 Å². The van der Waals surface area contributed by atoms with Crippen LogP contribution in [0.4, 0.5) is 5.69 Å². The van der Waals surface area contributed by atoms with E-state index in [2.05, 4.69) is 0 Å². The van der Waals surface area contributed by atoms with Gasteiger partial charge in [-0.2, -0.15) is 0 Å². The molecule has 0 radical (unpaired) electrons. The number of carbonyl (C=O) groups excluding carboxylic acids is 1. The summed E-state index contributed by atoms with van der Waals surface area (Å²) in [5, 5.41) is 12.5. The largest absolute Gasteiger partial charge is 0.461 e. The number of hydrogen-bond acceptors (Lipinski definition) is 4. The van der Waals surface area contributed by atoms with Gasteiger partial charge in [-0.05, 0) is 36.8 Å². The van der Waals surface area contributed by atoms with Crippen LogP contribution in [0.1, 0.15) is 23.0 Å². The fraction of sp³-hybridized carbons (Fsp3) is 0.167. The maximum Gasteiger partial charge on any atom is 0.354 e. The van der Waals surface area contributed by atoms with Crippen LogP contribution >= 0.6 is 23.2 Å². The fourth-order valence-electron chi connectivity index (χ4n) is 2.84. The van der Waals surface area contributed by atoms with Gasteiger partial charge < -0.3 is 9.30 Å². The first-order valence-corrected chi connectivity index (χ1v) is 8.55. The monoisotopic (exact) mass is 392 g/mol. The van der Waals surface area contributed by atoms with Crippen molar-refractivity contribution in [1.82, 2.24) is 4.57 Å². The molecule has 134 valence electrons. The summed E-state index contributed by atoms with van der Waals surface area (Å²) in [5.74, 6) is -0.573. The Hall–Kier alpha value is -2.57. The normalized spacial score (nSPS) is 10.9. The van der Waals surface area contributed by atoms with Gasteiger partial charge in [-0.1, -0.05) is 35.3 Å². The predicted octanol–water partition coefficient (Wildman–Crippen LogP) is 5.08. The van der Waals surface area contributed by atoms with Crippen molar-refractivity contribution in [2.45, 2.75) is 13.5 Å². The molecule has 0 spiro atoms. The van der Waals surface area contributed by atoms with Crippen molar-refractivity contribution in [2.24, 2.45) is 0 Å². The molecule has 0 saturated heterocycles. The number of benzene rings is 2. The summed E-state index contributed by atoms with van der Waals surface area (Å²) >= 11 is 12.3. The van der Waals surface area contributed by atoms with E-state index in [0.717, 1.165) is 5.56 Å². The van der Waals surface area contributed by atoms with E-state index in [-0.39, 0.29) is 29.9 Å². The highest BCUT2D eigenvalue weighted by Crippen LogP contribution is 2.35. The number of halogens is 2. The summed E-state index contributed by atoms with van der Waals surface area (Å²) in [7, 11) is 0. The first-order valence-electron chi connectivity index (χ1n) is 7.80. The van der Waals surface area contributed by atoms with Crippen LogP contribution in [0.2, 0.25) is 10.0 Å². The molecule has 2 aromatic carbocycles. The quantitative estimate of drug-likeness (QED) is 0.344. The molecule has 0 bridgehead atoms. The summed E-state index contributed by atoms with van der Waals surface area (Å²) in [5.41, 5.74) is 1.30. The third-order valence-corrected chi connectivity index (χ3v) is 4.44. The van der Waals surface area contributed by atoms with Crippen LogP contribution in [-0.4, -0.2) is 22.1 Å². The number of nitro benzene ring substituents is 1. The van der Waals surface area contributed by atoms with Crippen molar-refractivity contribution in [2.75, 3.05) is 6.61 Å². The van der Waals surface area contributed by atoms with Crippen LogP contribution in [-0.2, 0) is 11.3 Å². The van der Waals surface area contributed by atoms with E-state index in [9.17, 15) is 14.9 Å². The van der Waals surface area contributed by atoms with Crippen molar-refractivity contribution in [3.05, 3.63) is 73.9 Å². The molecule has 8 heteroatoms. The molecule has 0 saturated carbocycles. The average molecular weight is 393 g/mol. The number of fused-ring (bicyclic) bond motifs is 1. The minimum Gasteiger partial charge on any atom is -0.461 e. The Morgan fingerprint density at radius 2 is 2.00 bits per heavy atom. The molecule has 3 aromatic rings. The molecule has 0 N–H and O–H groups in total. The summed E-state index contributed by atoms with van der Waals surface area (Å²) in [6.07, 6.45) is 0. The molecule has 0 atom stereocenters. The Labute approximate surface area is 159 Å². The zero-order valence-electron chi connectivity index (χ0n) is 13.7. The molecule has 0 aliphatic heterocycles. The van der Waals surface area contributed by atoms with Crippen molar-refractivity contribution in [3.8, 4) is 0 Å². The Kier molecular flexibility index (Phi) is 5.15. The van der Waals surface area contributed by atoms with Gasteiger partial charge in [0.15, 0.2) is 0 Å². The molecule has 0 amide bonds. The first kappa shape index (κ1) is 18.2. The van der Waals surface area contributed by atoms with Crippen molar-refractivity contribution >= 4 is 45.8 Å². The van der Waals surface area contributed by atoms with E-state index in [4.69, 9.17) is 27.9 Å². The Bertz CT molecular complexity index is 1010. The number of nitro groups is 1. The Morgan fingerprint density at radius 1 is 1.23 bits per heavy atom. The number of aromatic nitrogens is 1. The molecule has 0 fully saturated rings. The van der Waals surface area contributed by atoms with Crippen molar-refractivity contribution < 1.29 is 14.5 Å². The number of esters is 1. The van der Waals surface area contributed by atoms with Gasteiger partial charge in [0.2, 0.25) is 0 Å². The molecule has 26 heavy (non-hydrogen) atoms. The summed E-state index contributed by atoms with van der Waals surface area (Å²) in [4.78, 5) is 23.3. The van der Waals surface area contributed by atoms with E-state index in [1.807, 2.05) is 6.07 Å². The predicted molar refractivity (Wildman–Crippen MR) is 100 cm³/mol. The molecule has 6 nitrogen and oxygen atoms in total. The Balaban J connectivity index is 2.26. The maximum absolute atomic E-state index is 12.4. The molecular weight excluding hydrogens is 379 g/mol. The maximum atomic E-state index is 12.4. The van der Waals surface area contributed by atoms with E-state index in [0.29, 0.717) is 15.6 Å².